The minimum Gasteiger partial charge on any atom is -0.444 e. The van der Waals surface area contributed by atoms with E-state index in [1.807, 2.05) is 25.7 Å². The number of amides is 1. The molecule has 0 unspecified atom stereocenters. The summed E-state index contributed by atoms with van der Waals surface area (Å²) < 4.78 is 6.62. The molecule has 100 valence electrons. The van der Waals surface area contributed by atoms with Crippen LogP contribution in [0.4, 0.5) is 4.79 Å². The molecule has 0 aromatic carbocycles. The van der Waals surface area contributed by atoms with Gasteiger partial charge in [-0.2, -0.15) is 0 Å². The van der Waals surface area contributed by atoms with E-state index in [0.29, 0.717) is 5.92 Å². The van der Waals surface area contributed by atoms with Crippen molar-refractivity contribution < 1.29 is 9.53 Å². The molecule has 0 aromatic rings. The predicted octanol–water partition coefficient (Wildman–Crippen LogP) is 3.85. The molecular weight excluding hydrogens is 329 g/mol. The number of hydrogen-bond acceptors (Lipinski definition) is 2. The summed E-state index contributed by atoms with van der Waals surface area (Å²) in [6, 6.07) is 0. The van der Waals surface area contributed by atoms with Crippen molar-refractivity contribution in [1.29, 1.82) is 0 Å². The summed E-state index contributed by atoms with van der Waals surface area (Å²) in [5.41, 5.74) is -0.383. The third-order valence-electron chi connectivity index (χ3n) is 2.92. The van der Waals surface area contributed by atoms with Crippen LogP contribution in [-0.4, -0.2) is 34.1 Å². The lowest BCUT2D eigenvalue weighted by Gasteiger charge is -2.34. The molecule has 17 heavy (non-hydrogen) atoms. The highest BCUT2D eigenvalue weighted by molar-refractivity contribution is 14.1. The summed E-state index contributed by atoms with van der Waals surface area (Å²) in [7, 11) is 0. The molecule has 1 atom stereocenters. The lowest BCUT2D eigenvalue weighted by atomic mass is 9.94. The maximum atomic E-state index is 11.9. The zero-order valence-electron chi connectivity index (χ0n) is 11.2. The van der Waals surface area contributed by atoms with Crippen LogP contribution in [0.15, 0.2) is 0 Å². The SMILES string of the molecule is CC(C)(C)OC(=O)N1CCC[C@@H](CCCI)C1. The van der Waals surface area contributed by atoms with Gasteiger partial charge in [0.1, 0.15) is 5.60 Å². The summed E-state index contributed by atoms with van der Waals surface area (Å²) in [6.45, 7) is 7.49. The average Bonchev–Trinajstić information content (AvgIpc) is 2.24. The van der Waals surface area contributed by atoms with E-state index < -0.39 is 0 Å². The summed E-state index contributed by atoms with van der Waals surface area (Å²) in [5, 5.41) is 0. The van der Waals surface area contributed by atoms with Gasteiger partial charge in [-0.25, -0.2) is 4.79 Å². The first-order valence-corrected chi connectivity index (χ1v) is 7.99. The second-order valence-electron chi connectivity index (χ2n) is 5.77. The molecule has 1 rings (SSSR count). The number of rotatable bonds is 3. The second-order valence-corrected chi connectivity index (χ2v) is 6.84. The van der Waals surface area contributed by atoms with E-state index in [4.69, 9.17) is 4.74 Å². The van der Waals surface area contributed by atoms with Gasteiger partial charge in [0, 0.05) is 13.1 Å². The number of likely N-dealkylation sites (tertiary alicyclic amines) is 1. The molecule has 1 aliphatic heterocycles. The fraction of sp³-hybridized carbons (Fsp3) is 0.923. The van der Waals surface area contributed by atoms with Crippen molar-refractivity contribution in [2.24, 2.45) is 5.92 Å². The quantitative estimate of drug-likeness (QED) is 0.570. The Balaban J connectivity index is 2.40. The molecule has 1 amide bonds. The van der Waals surface area contributed by atoms with Gasteiger partial charge < -0.3 is 9.64 Å². The summed E-state index contributed by atoms with van der Waals surface area (Å²) in [5.74, 6) is 0.672. The first-order valence-electron chi connectivity index (χ1n) is 6.46. The molecule has 0 bridgehead atoms. The van der Waals surface area contributed by atoms with Crippen LogP contribution in [0.3, 0.4) is 0 Å². The third-order valence-corrected chi connectivity index (χ3v) is 3.68. The Morgan fingerprint density at radius 2 is 2.18 bits per heavy atom. The van der Waals surface area contributed by atoms with E-state index in [9.17, 15) is 4.79 Å². The largest absolute Gasteiger partial charge is 0.444 e. The summed E-state index contributed by atoms with van der Waals surface area (Å²) in [6.07, 6.45) is 4.73. The second kappa shape index (κ2) is 6.81. The molecule has 4 heteroatoms. The van der Waals surface area contributed by atoms with Crippen molar-refractivity contribution >= 4 is 28.7 Å². The Hall–Kier alpha value is 0. The molecule has 0 saturated carbocycles. The number of piperidine rings is 1. The highest BCUT2D eigenvalue weighted by atomic mass is 127. The Kier molecular flexibility index (Phi) is 6.03. The molecule has 0 aromatic heterocycles. The molecule has 3 nitrogen and oxygen atoms in total. The number of ether oxygens (including phenoxy) is 1. The molecular formula is C13H24INO2. The molecule has 1 saturated heterocycles. The van der Waals surface area contributed by atoms with Crippen LogP contribution in [-0.2, 0) is 4.74 Å². The number of carbonyl (C=O) groups is 1. The zero-order valence-corrected chi connectivity index (χ0v) is 13.3. The predicted molar refractivity (Wildman–Crippen MR) is 78.7 cm³/mol. The van der Waals surface area contributed by atoms with Gasteiger partial charge in [-0.05, 0) is 56.8 Å². The van der Waals surface area contributed by atoms with Crippen LogP contribution in [0.25, 0.3) is 0 Å². The third kappa shape index (κ3) is 5.93. The number of carbonyl (C=O) groups excluding carboxylic acids is 1. The minimum absolute atomic E-state index is 0.142. The topological polar surface area (TPSA) is 29.5 Å². The normalized spacial score (nSPS) is 21.4. The molecule has 1 fully saturated rings. The number of hydrogen-bond donors (Lipinski definition) is 0. The highest BCUT2D eigenvalue weighted by Crippen LogP contribution is 2.23. The fourth-order valence-electron chi connectivity index (χ4n) is 2.16. The van der Waals surface area contributed by atoms with E-state index >= 15 is 0 Å². The van der Waals surface area contributed by atoms with Gasteiger partial charge in [0.25, 0.3) is 0 Å². The molecule has 1 heterocycles. The maximum absolute atomic E-state index is 11.9. The molecule has 0 spiro atoms. The van der Waals surface area contributed by atoms with Crippen molar-refractivity contribution in [3.8, 4) is 0 Å². The molecule has 0 N–H and O–H groups in total. The molecule has 0 radical (unpaired) electrons. The van der Waals surface area contributed by atoms with E-state index in [1.165, 1.54) is 23.7 Å². The Morgan fingerprint density at radius 3 is 2.76 bits per heavy atom. The van der Waals surface area contributed by atoms with Crippen LogP contribution < -0.4 is 0 Å². The Bertz CT molecular complexity index is 250. The standard InChI is InChI=1S/C13H24INO2/c1-13(2,3)17-12(16)15-9-5-7-11(10-15)6-4-8-14/h11H,4-10H2,1-3H3/t11-/m1/s1. The maximum Gasteiger partial charge on any atom is 0.410 e. The molecule has 0 aliphatic carbocycles. The van der Waals surface area contributed by atoms with Crippen LogP contribution >= 0.6 is 22.6 Å². The monoisotopic (exact) mass is 353 g/mol. The Morgan fingerprint density at radius 1 is 1.47 bits per heavy atom. The van der Waals surface area contributed by atoms with Gasteiger partial charge in [-0.15, -0.1) is 0 Å². The lowest BCUT2D eigenvalue weighted by molar-refractivity contribution is 0.0161. The first kappa shape index (κ1) is 15.1. The highest BCUT2D eigenvalue weighted by Gasteiger charge is 2.27. The first-order chi connectivity index (χ1) is 7.92. The van der Waals surface area contributed by atoms with Crippen molar-refractivity contribution in [3.63, 3.8) is 0 Å². The lowest BCUT2D eigenvalue weighted by Crippen LogP contribution is -2.42. The number of halogens is 1. The number of alkyl halides is 1. The van der Waals surface area contributed by atoms with E-state index in [0.717, 1.165) is 19.5 Å². The summed E-state index contributed by atoms with van der Waals surface area (Å²) >= 11 is 2.41. The Labute approximate surface area is 118 Å². The van der Waals surface area contributed by atoms with Gasteiger partial charge in [0.15, 0.2) is 0 Å². The van der Waals surface area contributed by atoms with Crippen LogP contribution in [0.1, 0.15) is 46.5 Å². The van der Waals surface area contributed by atoms with Gasteiger partial charge in [0.2, 0.25) is 0 Å². The van der Waals surface area contributed by atoms with Gasteiger partial charge in [-0.3, -0.25) is 0 Å². The molecule has 1 aliphatic rings. The van der Waals surface area contributed by atoms with E-state index in [2.05, 4.69) is 22.6 Å². The smallest absolute Gasteiger partial charge is 0.410 e. The van der Waals surface area contributed by atoms with Crippen LogP contribution in [0.2, 0.25) is 0 Å². The van der Waals surface area contributed by atoms with Crippen LogP contribution in [0.5, 0.6) is 0 Å². The van der Waals surface area contributed by atoms with Gasteiger partial charge in [-0.1, -0.05) is 22.6 Å². The van der Waals surface area contributed by atoms with Gasteiger partial charge >= 0.3 is 6.09 Å². The summed E-state index contributed by atoms with van der Waals surface area (Å²) in [4.78, 5) is 13.8. The van der Waals surface area contributed by atoms with Crippen LogP contribution in [0, 0.1) is 5.92 Å². The van der Waals surface area contributed by atoms with E-state index in [1.54, 1.807) is 0 Å². The van der Waals surface area contributed by atoms with Crippen molar-refractivity contribution in [3.05, 3.63) is 0 Å². The van der Waals surface area contributed by atoms with Crippen molar-refractivity contribution in [2.75, 3.05) is 17.5 Å². The van der Waals surface area contributed by atoms with Gasteiger partial charge in [0.05, 0.1) is 0 Å². The van der Waals surface area contributed by atoms with E-state index in [-0.39, 0.29) is 11.7 Å². The average molecular weight is 353 g/mol. The minimum atomic E-state index is -0.383. The van der Waals surface area contributed by atoms with Crippen molar-refractivity contribution in [2.45, 2.75) is 52.1 Å². The zero-order chi connectivity index (χ0) is 12.9. The van der Waals surface area contributed by atoms with Crippen molar-refractivity contribution in [1.82, 2.24) is 4.90 Å². The number of nitrogens with zero attached hydrogens (tertiary/aromatic N) is 1. The fourth-order valence-corrected chi connectivity index (χ4v) is 2.60.